The first-order chi connectivity index (χ1) is 13.6. The monoisotopic (exact) mass is 375 g/mol. The lowest BCUT2D eigenvalue weighted by Gasteiger charge is -2.11. The van der Waals surface area contributed by atoms with Gasteiger partial charge in [0.15, 0.2) is 5.65 Å². The Morgan fingerprint density at radius 1 is 1.21 bits per heavy atom. The molecule has 0 aliphatic heterocycles. The number of benzene rings is 1. The van der Waals surface area contributed by atoms with Gasteiger partial charge in [0.05, 0.1) is 24.9 Å². The van der Waals surface area contributed by atoms with Crippen LogP contribution in [0.25, 0.3) is 16.6 Å². The van der Waals surface area contributed by atoms with E-state index in [0.717, 1.165) is 52.1 Å². The summed E-state index contributed by atoms with van der Waals surface area (Å²) in [6.07, 6.45) is 3.90. The highest BCUT2D eigenvalue weighted by Gasteiger charge is 2.30. The molecule has 7 nitrogen and oxygen atoms in total. The number of nitrogens with zero attached hydrogens (tertiary/aromatic N) is 5. The van der Waals surface area contributed by atoms with Crippen molar-refractivity contribution >= 4 is 16.6 Å². The van der Waals surface area contributed by atoms with E-state index in [1.165, 1.54) is 4.68 Å². The number of rotatable bonds is 4. The quantitative estimate of drug-likeness (QED) is 0.548. The number of aromatic nitrogens is 5. The van der Waals surface area contributed by atoms with Gasteiger partial charge in [-0.3, -0.25) is 4.98 Å². The Hall–Kier alpha value is -3.22. The molecule has 3 heterocycles. The van der Waals surface area contributed by atoms with Crippen LogP contribution in [0.5, 0.6) is 5.75 Å². The van der Waals surface area contributed by atoms with Crippen LogP contribution in [-0.2, 0) is 6.54 Å². The average Bonchev–Trinajstić information content (AvgIpc) is 3.49. The SMILES string of the molecule is COc1c(C)cnc(Cn2nc3c4ccccc4nc(C4CC4)n3c2=O)c1C. The number of methoxy groups -OCH3 is 1. The lowest BCUT2D eigenvalue weighted by atomic mass is 10.1. The molecule has 0 N–H and O–H groups in total. The number of fused-ring (bicyclic) bond motifs is 3. The van der Waals surface area contributed by atoms with E-state index in [2.05, 4.69) is 10.1 Å². The summed E-state index contributed by atoms with van der Waals surface area (Å²) in [7, 11) is 1.65. The van der Waals surface area contributed by atoms with E-state index in [1.54, 1.807) is 17.7 Å². The van der Waals surface area contributed by atoms with Crippen molar-refractivity contribution in [3.8, 4) is 5.75 Å². The summed E-state index contributed by atoms with van der Waals surface area (Å²) in [5.74, 6) is 1.95. The maximum atomic E-state index is 13.2. The van der Waals surface area contributed by atoms with Crippen LogP contribution in [0, 0.1) is 13.8 Å². The average molecular weight is 375 g/mol. The van der Waals surface area contributed by atoms with E-state index < -0.39 is 0 Å². The Morgan fingerprint density at radius 3 is 2.75 bits per heavy atom. The van der Waals surface area contributed by atoms with Gasteiger partial charge in [0.1, 0.15) is 11.6 Å². The molecule has 3 aromatic heterocycles. The van der Waals surface area contributed by atoms with Crippen molar-refractivity contribution < 1.29 is 4.74 Å². The first kappa shape index (κ1) is 16.9. The molecule has 0 unspecified atom stereocenters. The molecule has 28 heavy (non-hydrogen) atoms. The molecule has 1 saturated carbocycles. The summed E-state index contributed by atoms with van der Waals surface area (Å²) in [5, 5.41) is 5.56. The zero-order valence-electron chi connectivity index (χ0n) is 16.1. The fourth-order valence-electron chi connectivity index (χ4n) is 3.81. The maximum absolute atomic E-state index is 13.2. The normalized spacial score (nSPS) is 14.1. The van der Waals surface area contributed by atoms with Crippen LogP contribution in [0.15, 0.2) is 35.3 Å². The van der Waals surface area contributed by atoms with Crippen LogP contribution in [0.3, 0.4) is 0 Å². The van der Waals surface area contributed by atoms with Crippen LogP contribution < -0.4 is 10.4 Å². The van der Waals surface area contributed by atoms with Crippen LogP contribution >= 0.6 is 0 Å². The predicted octanol–water partition coefficient (Wildman–Crippen LogP) is 2.99. The molecule has 7 heteroatoms. The fraction of sp³-hybridized carbons (Fsp3) is 0.333. The van der Waals surface area contributed by atoms with Gasteiger partial charge in [-0.05, 0) is 38.8 Å². The van der Waals surface area contributed by atoms with Crippen LogP contribution in [0.4, 0.5) is 0 Å². The van der Waals surface area contributed by atoms with Gasteiger partial charge in [0.25, 0.3) is 0 Å². The minimum atomic E-state index is -0.170. The fourth-order valence-corrected chi connectivity index (χ4v) is 3.81. The second kappa shape index (κ2) is 6.15. The molecule has 1 aliphatic carbocycles. The summed E-state index contributed by atoms with van der Waals surface area (Å²) in [6, 6.07) is 7.84. The Labute approximate surface area is 161 Å². The summed E-state index contributed by atoms with van der Waals surface area (Å²) >= 11 is 0. The first-order valence-corrected chi connectivity index (χ1v) is 9.45. The molecule has 142 valence electrons. The van der Waals surface area contributed by atoms with Crippen LogP contribution in [-0.4, -0.2) is 31.3 Å². The van der Waals surface area contributed by atoms with Crippen molar-refractivity contribution in [1.82, 2.24) is 24.1 Å². The van der Waals surface area contributed by atoms with E-state index in [0.29, 0.717) is 18.1 Å². The molecule has 1 aromatic carbocycles. The second-order valence-corrected chi connectivity index (χ2v) is 7.41. The van der Waals surface area contributed by atoms with Crippen molar-refractivity contribution in [2.75, 3.05) is 7.11 Å². The van der Waals surface area contributed by atoms with Gasteiger partial charge in [-0.1, -0.05) is 12.1 Å². The number of ether oxygens (including phenoxy) is 1. The molecule has 0 amide bonds. The van der Waals surface area contributed by atoms with Crippen molar-refractivity contribution in [3.63, 3.8) is 0 Å². The molecule has 0 atom stereocenters. The van der Waals surface area contributed by atoms with E-state index in [9.17, 15) is 4.79 Å². The Kier molecular flexibility index (Phi) is 3.72. The first-order valence-electron chi connectivity index (χ1n) is 9.45. The third-order valence-electron chi connectivity index (χ3n) is 5.44. The topological polar surface area (TPSA) is 74.3 Å². The number of hydrogen-bond acceptors (Lipinski definition) is 5. The minimum absolute atomic E-state index is 0.170. The van der Waals surface area contributed by atoms with Crippen molar-refractivity contribution in [2.45, 2.75) is 39.2 Å². The van der Waals surface area contributed by atoms with Crippen LogP contribution in [0.1, 0.15) is 41.4 Å². The van der Waals surface area contributed by atoms with Crippen molar-refractivity contribution in [1.29, 1.82) is 0 Å². The Balaban J connectivity index is 1.72. The van der Waals surface area contributed by atoms with Gasteiger partial charge in [0.2, 0.25) is 0 Å². The van der Waals surface area contributed by atoms with Gasteiger partial charge in [-0.2, -0.15) is 0 Å². The standard InChI is InChI=1S/C21H21N5O2/c1-12-10-22-17(13(2)18(12)28-3)11-25-21(27)26-19(14-8-9-14)23-16-7-5-4-6-15(16)20(26)24-25/h4-7,10,14H,8-9,11H2,1-3H3. The summed E-state index contributed by atoms with van der Waals surface area (Å²) in [5.41, 5.74) is 4.04. The largest absolute Gasteiger partial charge is 0.496 e. The van der Waals surface area contributed by atoms with Gasteiger partial charge in [-0.15, -0.1) is 5.10 Å². The summed E-state index contributed by atoms with van der Waals surface area (Å²) in [4.78, 5) is 22.5. The molecular weight excluding hydrogens is 354 g/mol. The maximum Gasteiger partial charge on any atom is 0.352 e. The molecule has 0 bridgehead atoms. The van der Waals surface area contributed by atoms with Crippen molar-refractivity contribution in [2.24, 2.45) is 0 Å². The number of aryl methyl sites for hydroxylation is 1. The zero-order chi connectivity index (χ0) is 19.4. The van der Waals surface area contributed by atoms with E-state index in [-0.39, 0.29) is 5.69 Å². The molecule has 0 radical (unpaired) electrons. The predicted molar refractivity (Wildman–Crippen MR) is 106 cm³/mol. The lowest BCUT2D eigenvalue weighted by Crippen LogP contribution is -2.24. The van der Waals surface area contributed by atoms with Gasteiger partial charge < -0.3 is 4.74 Å². The molecular formula is C21H21N5O2. The third-order valence-corrected chi connectivity index (χ3v) is 5.44. The van der Waals surface area contributed by atoms with E-state index in [4.69, 9.17) is 9.72 Å². The Bertz CT molecular complexity index is 1280. The number of para-hydroxylation sites is 1. The molecule has 1 fully saturated rings. The molecule has 0 saturated heterocycles. The molecule has 4 aromatic rings. The second-order valence-electron chi connectivity index (χ2n) is 7.41. The van der Waals surface area contributed by atoms with Crippen LogP contribution in [0.2, 0.25) is 0 Å². The Morgan fingerprint density at radius 2 is 2.00 bits per heavy atom. The van der Waals surface area contributed by atoms with Gasteiger partial charge in [-0.25, -0.2) is 18.9 Å². The highest BCUT2D eigenvalue weighted by atomic mass is 16.5. The molecule has 5 rings (SSSR count). The highest BCUT2D eigenvalue weighted by Crippen LogP contribution is 2.39. The highest BCUT2D eigenvalue weighted by molar-refractivity contribution is 5.91. The third kappa shape index (κ3) is 2.50. The van der Waals surface area contributed by atoms with E-state index >= 15 is 0 Å². The van der Waals surface area contributed by atoms with Gasteiger partial charge in [0, 0.05) is 28.6 Å². The smallest absolute Gasteiger partial charge is 0.352 e. The van der Waals surface area contributed by atoms with Gasteiger partial charge >= 0.3 is 5.69 Å². The summed E-state index contributed by atoms with van der Waals surface area (Å²) in [6.45, 7) is 4.21. The zero-order valence-corrected chi connectivity index (χ0v) is 16.1. The number of pyridine rings is 1. The molecule has 0 spiro atoms. The summed E-state index contributed by atoms with van der Waals surface area (Å²) < 4.78 is 8.66. The minimum Gasteiger partial charge on any atom is -0.496 e. The number of hydrogen-bond donors (Lipinski definition) is 0. The molecule has 1 aliphatic rings. The lowest BCUT2D eigenvalue weighted by molar-refractivity contribution is 0.406. The van der Waals surface area contributed by atoms with E-state index in [1.807, 2.05) is 38.1 Å². The van der Waals surface area contributed by atoms with Crippen molar-refractivity contribution in [3.05, 3.63) is 63.6 Å².